The van der Waals surface area contributed by atoms with Gasteiger partial charge in [-0.05, 0) is 56.4 Å². The number of carbonyl (C=O) groups excluding carboxylic acids is 3. The Morgan fingerprint density at radius 2 is 1.93 bits per heavy atom. The topological polar surface area (TPSA) is 75.7 Å². The molecule has 0 aromatic heterocycles. The smallest absolute Gasteiger partial charge is 0.310 e. The van der Waals surface area contributed by atoms with Crippen molar-refractivity contribution < 1.29 is 19.1 Å². The van der Waals surface area contributed by atoms with E-state index in [-0.39, 0.29) is 29.6 Å². The molecule has 2 atom stereocenters. The zero-order chi connectivity index (χ0) is 20.7. The molecule has 2 amide bonds. The quantitative estimate of drug-likeness (QED) is 0.702. The summed E-state index contributed by atoms with van der Waals surface area (Å²) in [5, 5.41) is 3.41. The molecule has 0 spiro atoms. The van der Waals surface area contributed by atoms with Gasteiger partial charge in [0, 0.05) is 23.7 Å². The van der Waals surface area contributed by atoms with Gasteiger partial charge in [-0.25, -0.2) is 0 Å². The van der Waals surface area contributed by atoms with Crippen LogP contribution in [0.4, 0.5) is 0 Å². The Hall–Kier alpha value is -2.08. The maximum Gasteiger partial charge on any atom is 0.310 e. The van der Waals surface area contributed by atoms with E-state index in [1.54, 1.807) is 36.1 Å². The SMILES string of the molecule is CCOC(=O)C1CCCN(C(=O)C(CC(C)C)NC(=O)c2ccc(Cl)cc2)C1. The highest BCUT2D eigenvalue weighted by Crippen LogP contribution is 2.20. The molecule has 1 aliphatic rings. The molecule has 1 fully saturated rings. The Balaban J connectivity index is 2.08. The van der Waals surface area contributed by atoms with E-state index in [4.69, 9.17) is 16.3 Å². The second-order valence-electron chi connectivity index (χ2n) is 7.54. The van der Waals surface area contributed by atoms with Crippen molar-refractivity contribution in [2.24, 2.45) is 11.8 Å². The summed E-state index contributed by atoms with van der Waals surface area (Å²) >= 11 is 5.87. The number of carbonyl (C=O) groups is 3. The number of benzene rings is 1. The van der Waals surface area contributed by atoms with Gasteiger partial charge in [-0.1, -0.05) is 25.4 Å². The van der Waals surface area contributed by atoms with Gasteiger partial charge in [0.05, 0.1) is 12.5 Å². The van der Waals surface area contributed by atoms with Crippen LogP contribution < -0.4 is 5.32 Å². The van der Waals surface area contributed by atoms with Crippen LogP contribution in [-0.2, 0) is 14.3 Å². The molecule has 2 rings (SSSR count). The van der Waals surface area contributed by atoms with Crippen molar-refractivity contribution in [3.8, 4) is 0 Å². The number of nitrogens with one attached hydrogen (secondary N) is 1. The molecule has 1 aromatic rings. The molecular formula is C21H29ClN2O4. The van der Waals surface area contributed by atoms with Crippen LogP contribution in [0.3, 0.4) is 0 Å². The van der Waals surface area contributed by atoms with Gasteiger partial charge in [-0.3, -0.25) is 14.4 Å². The van der Waals surface area contributed by atoms with Crippen molar-refractivity contribution >= 4 is 29.4 Å². The van der Waals surface area contributed by atoms with Crippen molar-refractivity contribution in [3.63, 3.8) is 0 Å². The molecule has 1 heterocycles. The van der Waals surface area contributed by atoms with Gasteiger partial charge in [-0.2, -0.15) is 0 Å². The first kappa shape index (κ1) is 22.2. The van der Waals surface area contributed by atoms with E-state index in [9.17, 15) is 14.4 Å². The Labute approximate surface area is 171 Å². The number of rotatable bonds is 7. The Bertz CT molecular complexity index is 690. The van der Waals surface area contributed by atoms with Crippen molar-refractivity contribution in [3.05, 3.63) is 34.9 Å². The molecule has 154 valence electrons. The van der Waals surface area contributed by atoms with E-state index in [2.05, 4.69) is 5.32 Å². The molecule has 0 radical (unpaired) electrons. The average Bonchev–Trinajstić information content (AvgIpc) is 2.67. The second-order valence-corrected chi connectivity index (χ2v) is 7.97. The number of nitrogens with zero attached hydrogens (tertiary/aromatic N) is 1. The minimum absolute atomic E-state index is 0.148. The number of halogens is 1. The third-order valence-electron chi connectivity index (χ3n) is 4.77. The summed E-state index contributed by atoms with van der Waals surface area (Å²) in [5.74, 6) is -0.792. The minimum atomic E-state index is -0.635. The molecule has 1 N–H and O–H groups in total. The summed E-state index contributed by atoms with van der Waals surface area (Å²) in [6.45, 7) is 7.03. The van der Waals surface area contributed by atoms with Gasteiger partial charge < -0.3 is 15.0 Å². The lowest BCUT2D eigenvalue weighted by Gasteiger charge is -2.34. The second kappa shape index (κ2) is 10.5. The number of esters is 1. The normalized spacial score (nSPS) is 17.9. The van der Waals surface area contributed by atoms with Crippen LogP contribution in [0.15, 0.2) is 24.3 Å². The molecule has 1 aromatic carbocycles. The predicted octanol–water partition coefficient (Wildman–Crippen LogP) is 3.29. The van der Waals surface area contributed by atoms with Crippen LogP contribution in [-0.4, -0.2) is 48.4 Å². The lowest BCUT2D eigenvalue weighted by atomic mass is 9.96. The molecule has 0 saturated carbocycles. The largest absolute Gasteiger partial charge is 0.466 e. The Morgan fingerprint density at radius 3 is 2.54 bits per heavy atom. The maximum absolute atomic E-state index is 13.1. The summed E-state index contributed by atoms with van der Waals surface area (Å²) < 4.78 is 5.11. The first-order chi connectivity index (χ1) is 13.3. The summed E-state index contributed by atoms with van der Waals surface area (Å²) in [5.41, 5.74) is 0.453. The molecular weight excluding hydrogens is 380 g/mol. The predicted molar refractivity (Wildman–Crippen MR) is 108 cm³/mol. The van der Waals surface area contributed by atoms with E-state index in [0.717, 1.165) is 6.42 Å². The van der Waals surface area contributed by atoms with E-state index in [1.165, 1.54) is 0 Å². The third-order valence-corrected chi connectivity index (χ3v) is 5.02. The fourth-order valence-corrected chi connectivity index (χ4v) is 3.51. The Morgan fingerprint density at radius 1 is 1.25 bits per heavy atom. The van der Waals surface area contributed by atoms with Crippen LogP contribution in [0.1, 0.15) is 50.4 Å². The summed E-state index contributed by atoms with van der Waals surface area (Å²) in [6, 6.07) is 5.91. The standard InChI is InChI=1S/C21H29ClN2O4/c1-4-28-21(27)16-6-5-11-24(13-16)20(26)18(12-14(2)3)23-19(25)15-7-9-17(22)10-8-15/h7-10,14,16,18H,4-6,11-13H2,1-3H3,(H,23,25). The number of piperidine rings is 1. The van der Waals surface area contributed by atoms with Crippen LogP contribution in [0.5, 0.6) is 0 Å². The number of hydrogen-bond acceptors (Lipinski definition) is 4. The number of amides is 2. The third kappa shape index (κ3) is 6.23. The van der Waals surface area contributed by atoms with Crippen LogP contribution in [0.2, 0.25) is 5.02 Å². The zero-order valence-electron chi connectivity index (χ0n) is 16.7. The van der Waals surface area contributed by atoms with Crippen molar-refractivity contribution in [1.29, 1.82) is 0 Å². The average molecular weight is 409 g/mol. The van der Waals surface area contributed by atoms with E-state index < -0.39 is 6.04 Å². The van der Waals surface area contributed by atoms with Gasteiger partial charge in [0.1, 0.15) is 6.04 Å². The molecule has 0 bridgehead atoms. The molecule has 0 aliphatic carbocycles. The lowest BCUT2D eigenvalue weighted by molar-refractivity contribution is -0.151. The highest BCUT2D eigenvalue weighted by Gasteiger charge is 2.33. The summed E-state index contributed by atoms with van der Waals surface area (Å²) in [7, 11) is 0. The van der Waals surface area contributed by atoms with E-state index >= 15 is 0 Å². The first-order valence-corrected chi connectivity index (χ1v) is 10.2. The van der Waals surface area contributed by atoms with Crippen molar-refractivity contribution in [2.75, 3.05) is 19.7 Å². The number of ether oxygens (including phenoxy) is 1. The first-order valence-electron chi connectivity index (χ1n) is 9.83. The minimum Gasteiger partial charge on any atom is -0.466 e. The number of hydrogen-bond donors (Lipinski definition) is 1. The molecule has 1 saturated heterocycles. The molecule has 1 aliphatic heterocycles. The highest BCUT2D eigenvalue weighted by molar-refractivity contribution is 6.30. The van der Waals surface area contributed by atoms with E-state index in [0.29, 0.717) is 43.1 Å². The summed E-state index contributed by atoms with van der Waals surface area (Å²) in [6.07, 6.45) is 1.99. The van der Waals surface area contributed by atoms with Gasteiger partial charge in [-0.15, -0.1) is 0 Å². The van der Waals surface area contributed by atoms with Crippen LogP contribution in [0, 0.1) is 11.8 Å². The lowest BCUT2D eigenvalue weighted by Crippen LogP contribution is -2.52. The van der Waals surface area contributed by atoms with Gasteiger partial charge in [0.25, 0.3) is 5.91 Å². The molecule has 2 unspecified atom stereocenters. The van der Waals surface area contributed by atoms with E-state index in [1.807, 2.05) is 13.8 Å². The summed E-state index contributed by atoms with van der Waals surface area (Å²) in [4.78, 5) is 39.5. The molecule has 7 heteroatoms. The molecule has 6 nitrogen and oxygen atoms in total. The van der Waals surface area contributed by atoms with Gasteiger partial charge in [0.2, 0.25) is 5.91 Å². The van der Waals surface area contributed by atoms with Crippen molar-refractivity contribution in [2.45, 2.75) is 46.1 Å². The van der Waals surface area contributed by atoms with Gasteiger partial charge >= 0.3 is 5.97 Å². The van der Waals surface area contributed by atoms with Crippen LogP contribution in [0.25, 0.3) is 0 Å². The fourth-order valence-electron chi connectivity index (χ4n) is 3.39. The maximum atomic E-state index is 13.1. The highest BCUT2D eigenvalue weighted by atomic mass is 35.5. The fraction of sp³-hybridized carbons (Fsp3) is 0.571. The van der Waals surface area contributed by atoms with Crippen molar-refractivity contribution in [1.82, 2.24) is 10.2 Å². The monoisotopic (exact) mass is 408 g/mol. The van der Waals surface area contributed by atoms with Gasteiger partial charge in [0.15, 0.2) is 0 Å². The Kier molecular flexibility index (Phi) is 8.30. The number of likely N-dealkylation sites (tertiary alicyclic amines) is 1. The zero-order valence-corrected chi connectivity index (χ0v) is 17.5. The van der Waals surface area contributed by atoms with Crippen LogP contribution >= 0.6 is 11.6 Å². The molecule has 28 heavy (non-hydrogen) atoms.